The van der Waals surface area contributed by atoms with Gasteiger partial charge in [0.2, 0.25) is 0 Å². The first-order chi connectivity index (χ1) is 9.31. The number of hydrogen-bond acceptors (Lipinski definition) is 1. The summed E-state index contributed by atoms with van der Waals surface area (Å²) >= 11 is 0. The third kappa shape index (κ3) is 8.00. The van der Waals surface area contributed by atoms with Gasteiger partial charge in [-0.2, -0.15) is 0 Å². The van der Waals surface area contributed by atoms with Gasteiger partial charge in [-0.05, 0) is 24.5 Å². The molecule has 0 heterocycles. The second-order valence-electron chi connectivity index (χ2n) is 3.14. The van der Waals surface area contributed by atoms with E-state index >= 15 is 0 Å². The van der Waals surface area contributed by atoms with E-state index in [4.69, 9.17) is 6.42 Å². The van der Waals surface area contributed by atoms with Crippen molar-refractivity contribution < 1.29 is 0 Å². The second-order valence-corrected chi connectivity index (χ2v) is 3.14. The molecule has 0 radical (unpaired) electrons. The van der Waals surface area contributed by atoms with Gasteiger partial charge in [0.1, 0.15) is 0 Å². The Balaban J connectivity index is 0. The summed E-state index contributed by atoms with van der Waals surface area (Å²) in [5, 5.41) is 0. The van der Waals surface area contributed by atoms with Crippen molar-refractivity contribution in [1.29, 1.82) is 0 Å². The zero-order valence-corrected chi connectivity index (χ0v) is 13.2. The molecule has 1 rings (SSSR count). The topological polar surface area (TPSA) is 12.4 Å². The van der Waals surface area contributed by atoms with Crippen LogP contribution in [0.2, 0.25) is 0 Å². The van der Waals surface area contributed by atoms with E-state index in [0.29, 0.717) is 0 Å². The van der Waals surface area contributed by atoms with Crippen molar-refractivity contribution in [3.63, 3.8) is 0 Å². The minimum Gasteiger partial charge on any atom is -0.268 e. The van der Waals surface area contributed by atoms with Crippen LogP contribution in [-0.2, 0) is 6.42 Å². The highest BCUT2D eigenvalue weighted by Crippen LogP contribution is 2.14. The molecule has 0 aliphatic heterocycles. The third-order valence-electron chi connectivity index (χ3n) is 2.18. The molecular weight excluding hydrogens is 230 g/mol. The predicted molar refractivity (Wildman–Crippen MR) is 89.5 cm³/mol. The van der Waals surface area contributed by atoms with Crippen LogP contribution in [0.15, 0.2) is 35.5 Å². The first-order valence-corrected chi connectivity index (χ1v) is 7.05. The number of terminal acetylenes is 1. The summed E-state index contributed by atoms with van der Waals surface area (Å²) in [5.74, 6) is 2.64. The molecule has 1 aromatic carbocycles. The maximum Gasteiger partial charge on any atom is 0.0497 e. The molecule has 0 unspecified atom stereocenters. The van der Waals surface area contributed by atoms with Crippen molar-refractivity contribution in [3.8, 4) is 12.3 Å². The molecule has 0 aliphatic carbocycles. The van der Waals surface area contributed by atoms with Crippen LogP contribution in [0.5, 0.6) is 0 Å². The molecule has 0 saturated carbocycles. The molecule has 1 aromatic rings. The highest BCUT2D eigenvalue weighted by molar-refractivity contribution is 5.78. The van der Waals surface area contributed by atoms with Crippen molar-refractivity contribution in [1.82, 2.24) is 0 Å². The van der Waals surface area contributed by atoms with Crippen LogP contribution in [0.4, 0.5) is 0 Å². The van der Waals surface area contributed by atoms with Gasteiger partial charge in [0.05, 0.1) is 0 Å². The summed E-state index contributed by atoms with van der Waals surface area (Å²) in [6, 6.07) is 8.26. The zero-order chi connectivity index (χ0) is 15.1. The monoisotopic (exact) mass is 257 g/mol. The smallest absolute Gasteiger partial charge is 0.0497 e. The highest BCUT2D eigenvalue weighted by atomic mass is 14.7. The van der Waals surface area contributed by atoms with E-state index in [0.717, 1.165) is 17.6 Å². The summed E-state index contributed by atoms with van der Waals surface area (Å²) in [7, 11) is 0. The van der Waals surface area contributed by atoms with Gasteiger partial charge in [-0.3, -0.25) is 4.99 Å². The fourth-order valence-electron chi connectivity index (χ4n) is 1.26. The lowest BCUT2D eigenvalue weighted by Gasteiger charge is -2.00. The van der Waals surface area contributed by atoms with E-state index < -0.39 is 0 Å². The molecule has 0 aliphatic rings. The van der Waals surface area contributed by atoms with Crippen molar-refractivity contribution in [2.75, 3.05) is 0 Å². The lowest BCUT2D eigenvalue weighted by atomic mass is 10.0. The number of benzene rings is 1. The molecule has 0 spiro atoms. The van der Waals surface area contributed by atoms with Crippen molar-refractivity contribution in [2.45, 2.75) is 48.0 Å². The lowest BCUT2D eigenvalue weighted by molar-refractivity contribution is 1.14. The van der Waals surface area contributed by atoms with Gasteiger partial charge >= 0.3 is 0 Å². The lowest BCUT2D eigenvalue weighted by Crippen LogP contribution is -1.83. The minimum absolute atomic E-state index is 0.816. The summed E-state index contributed by atoms with van der Waals surface area (Å²) in [6.07, 6.45) is 9.90. The van der Waals surface area contributed by atoms with Gasteiger partial charge in [0.15, 0.2) is 0 Å². The summed E-state index contributed by atoms with van der Waals surface area (Å²) in [4.78, 5) is 4.03. The molecule has 104 valence electrons. The van der Waals surface area contributed by atoms with Crippen LogP contribution < -0.4 is 0 Å². The summed E-state index contributed by atoms with van der Waals surface area (Å²) in [6.45, 7) is 12.0. The molecule has 0 atom stereocenters. The summed E-state index contributed by atoms with van der Waals surface area (Å²) < 4.78 is 0. The molecule has 1 nitrogen and oxygen atoms in total. The summed E-state index contributed by atoms with van der Waals surface area (Å²) in [5.41, 5.74) is 3.17. The Hall–Kier alpha value is -1.81. The van der Waals surface area contributed by atoms with Gasteiger partial charge in [-0.25, -0.2) is 0 Å². The fourth-order valence-corrected chi connectivity index (χ4v) is 1.26. The Labute approximate surface area is 119 Å². The van der Waals surface area contributed by atoms with Crippen molar-refractivity contribution in [2.24, 2.45) is 4.99 Å². The number of aryl methyl sites for hydroxylation is 1. The third-order valence-corrected chi connectivity index (χ3v) is 2.18. The van der Waals surface area contributed by atoms with Gasteiger partial charge in [-0.1, -0.05) is 64.8 Å². The Kier molecular flexibility index (Phi) is 14.6. The predicted octanol–water partition coefficient (Wildman–Crippen LogP) is 5.37. The Morgan fingerprint density at radius 2 is 1.68 bits per heavy atom. The number of hydrogen-bond donors (Lipinski definition) is 0. The van der Waals surface area contributed by atoms with Gasteiger partial charge < -0.3 is 0 Å². The van der Waals surface area contributed by atoms with Crippen LogP contribution in [0.25, 0.3) is 5.57 Å². The zero-order valence-electron chi connectivity index (χ0n) is 13.2. The molecule has 0 aromatic heterocycles. The van der Waals surface area contributed by atoms with E-state index in [1.165, 1.54) is 5.56 Å². The largest absolute Gasteiger partial charge is 0.268 e. The van der Waals surface area contributed by atoms with Gasteiger partial charge in [0, 0.05) is 18.0 Å². The van der Waals surface area contributed by atoms with E-state index in [-0.39, 0.29) is 0 Å². The molecule has 0 fully saturated rings. The second kappa shape index (κ2) is 14.3. The normalized spacial score (nSPS) is 9.84. The quantitative estimate of drug-likeness (QED) is 0.510. The Morgan fingerprint density at radius 3 is 2.05 bits per heavy atom. The maximum atomic E-state index is 5.42. The maximum absolute atomic E-state index is 5.42. The first kappa shape index (κ1) is 19.5. The van der Waals surface area contributed by atoms with E-state index in [1.807, 2.05) is 46.8 Å². The van der Waals surface area contributed by atoms with E-state index in [9.17, 15) is 0 Å². The van der Waals surface area contributed by atoms with Crippen LogP contribution in [0.3, 0.4) is 0 Å². The molecule has 0 N–H and O–H groups in total. The van der Waals surface area contributed by atoms with Crippen molar-refractivity contribution >= 4 is 11.8 Å². The van der Waals surface area contributed by atoms with Crippen LogP contribution in [0.1, 0.15) is 52.7 Å². The molecule has 0 bridgehead atoms. The average Bonchev–Trinajstić information content (AvgIpc) is 2.52. The van der Waals surface area contributed by atoms with Crippen molar-refractivity contribution in [3.05, 3.63) is 41.6 Å². The molecule has 19 heavy (non-hydrogen) atoms. The number of aliphatic imine (C=N–C) groups is 1. The Bertz CT molecular complexity index is 402. The van der Waals surface area contributed by atoms with Gasteiger partial charge in [-0.15, -0.1) is 6.42 Å². The van der Waals surface area contributed by atoms with Crippen LogP contribution >= 0.6 is 0 Å². The highest BCUT2D eigenvalue weighted by Gasteiger charge is 1.97. The first-order valence-electron chi connectivity index (χ1n) is 7.05. The minimum atomic E-state index is 0.816. The van der Waals surface area contributed by atoms with Crippen LogP contribution in [-0.4, -0.2) is 6.21 Å². The van der Waals surface area contributed by atoms with E-state index in [1.54, 1.807) is 12.4 Å². The van der Waals surface area contributed by atoms with Crippen LogP contribution in [0, 0.1) is 12.3 Å². The molecular formula is C18H27N. The Morgan fingerprint density at radius 1 is 1.16 bits per heavy atom. The number of nitrogens with zero attached hydrogens (tertiary/aromatic N) is 1. The SMILES string of the molecule is C#C/C(=C\N=CC)c1ccc(CC)cc1.CC.CC. The average molecular weight is 257 g/mol. The number of rotatable bonds is 3. The standard InChI is InChI=1S/C14H15N.2C2H6/c1-4-12-7-9-14(10-8-12)13(5-2)11-15-6-3;2*1-2/h2,6-11H,4H2,1,3H3;2*1-2H3/b13-11+,15-6?;;. The fraction of sp³-hybridized carbons (Fsp3) is 0.389. The van der Waals surface area contributed by atoms with E-state index in [2.05, 4.69) is 30.0 Å². The molecule has 1 heteroatoms. The molecule has 0 amide bonds. The van der Waals surface area contributed by atoms with Gasteiger partial charge in [0.25, 0.3) is 0 Å². The number of allylic oxidation sites excluding steroid dienone is 1. The molecule has 0 saturated heterocycles.